The van der Waals surface area contributed by atoms with Crippen molar-refractivity contribution in [1.29, 1.82) is 0 Å². The predicted molar refractivity (Wildman–Crippen MR) is 86.4 cm³/mol. The lowest BCUT2D eigenvalue weighted by Gasteiger charge is -2.22. The Balaban J connectivity index is 2.44. The quantitative estimate of drug-likeness (QED) is 0.918. The highest BCUT2D eigenvalue weighted by atomic mass is 16.5. The summed E-state index contributed by atoms with van der Waals surface area (Å²) in [7, 11) is 5.68. The SMILES string of the molecule is COc1cccc(N(C)c2c(CC(C)N)c(C)nn2C)c1. The number of aromatic nitrogens is 2. The molecule has 0 saturated carbocycles. The fourth-order valence-electron chi connectivity index (χ4n) is 2.61. The topological polar surface area (TPSA) is 56.3 Å². The van der Waals surface area contributed by atoms with Crippen molar-refractivity contribution in [3.8, 4) is 5.75 Å². The third-order valence-corrected chi connectivity index (χ3v) is 3.60. The fraction of sp³-hybridized carbons (Fsp3) is 0.438. The summed E-state index contributed by atoms with van der Waals surface area (Å²) in [5, 5.41) is 4.54. The summed E-state index contributed by atoms with van der Waals surface area (Å²) in [5.74, 6) is 1.91. The normalized spacial score (nSPS) is 12.3. The second-order valence-corrected chi connectivity index (χ2v) is 5.45. The largest absolute Gasteiger partial charge is 0.497 e. The smallest absolute Gasteiger partial charge is 0.134 e. The number of aryl methyl sites for hydroxylation is 2. The number of nitrogens with zero attached hydrogens (tertiary/aromatic N) is 3. The lowest BCUT2D eigenvalue weighted by molar-refractivity contribution is 0.415. The van der Waals surface area contributed by atoms with Gasteiger partial charge in [0.05, 0.1) is 12.8 Å². The van der Waals surface area contributed by atoms with Gasteiger partial charge < -0.3 is 15.4 Å². The van der Waals surface area contributed by atoms with Crippen molar-refractivity contribution in [2.75, 3.05) is 19.1 Å². The first-order chi connectivity index (χ1) is 9.93. The minimum Gasteiger partial charge on any atom is -0.497 e. The van der Waals surface area contributed by atoms with Crippen molar-refractivity contribution in [3.63, 3.8) is 0 Å². The van der Waals surface area contributed by atoms with Crippen LogP contribution in [0.1, 0.15) is 18.2 Å². The Morgan fingerprint density at radius 2 is 2.14 bits per heavy atom. The average molecular weight is 288 g/mol. The van der Waals surface area contributed by atoms with E-state index in [9.17, 15) is 0 Å². The first-order valence-electron chi connectivity index (χ1n) is 7.10. The minimum absolute atomic E-state index is 0.102. The van der Waals surface area contributed by atoms with Crippen LogP contribution < -0.4 is 15.4 Å². The van der Waals surface area contributed by atoms with E-state index in [2.05, 4.69) is 16.1 Å². The first kappa shape index (κ1) is 15.4. The molecule has 2 rings (SSSR count). The van der Waals surface area contributed by atoms with E-state index in [4.69, 9.17) is 10.5 Å². The number of ether oxygens (including phenoxy) is 1. The van der Waals surface area contributed by atoms with Crippen molar-refractivity contribution in [1.82, 2.24) is 9.78 Å². The third-order valence-electron chi connectivity index (χ3n) is 3.60. The molecule has 114 valence electrons. The first-order valence-corrected chi connectivity index (χ1v) is 7.10. The zero-order chi connectivity index (χ0) is 15.6. The molecule has 0 amide bonds. The summed E-state index contributed by atoms with van der Waals surface area (Å²) in [6, 6.07) is 8.09. The summed E-state index contributed by atoms with van der Waals surface area (Å²) in [5.41, 5.74) is 9.26. The van der Waals surface area contributed by atoms with Gasteiger partial charge in [-0.05, 0) is 32.4 Å². The van der Waals surface area contributed by atoms with E-state index in [-0.39, 0.29) is 6.04 Å². The molecule has 21 heavy (non-hydrogen) atoms. The van der Waals surface area contributed by atoms with Crippen LogP contribution in [0.25, 0.3) is 0 Å². The Morgan fingerprint density at radius 3 is 2.76 bits per heavy atom. The number of benzene rings is 1. The molecule has 1 aromatic heterocycles. The van der Waals surface area contributed by atoms with Gasteiger partial charge >= 0.3 is 0 Å². The number of hydrogen-bond acceptors (Lipinski definition) is 4. The van der Waals surface area contributed by atoms with Gasteiger partial charge in [-0.1, -0.05) is 6.07 Å². The van der Waals surface area contributed by atoms with Crippen molar-refractivity contribution >= 4 is 11.5 Å². The molecule has 5 heteroatoms. The van der Waals surface area contributed by atoms with E-state index in [0.29, 0.717) is 0 Å². The lowest BCUT2D eigenvalue weighted by atomic mass is 10.1. The van der Waals surface area contributed by atoms with E-state index < -0.39 is 0 Å². The molecule has 0 radical (unpaired) electrons. The molecule has 1 unspecified atom stereocenters. The Kier molecular flexibility index (Phi) is 4.53. The molecule has 0 saturated heterocycles. The molecule has 1 atom stereocenters. The highest BCUT2D eigenvalue weighted by molar-refractivity contribution is 5.65. The van der Waals surface area contributed by atoms with E-state index in [1.807, 2.05) is 50.8 Å². The van der Waals surface area contributed by atoms with Gasteiger partial charge in [0.15, 0.2) is 0 Å². The Morgan fingerprint density at radius 1 is 1.43 bits per heavy atom. The summed E-state index contributed by atoms with van der Waals surface area (Å²) < 4.78 is 7.21. The molecule has 1 aromatic carbocycles. The van der Waals surface area contributed by atoms with Crippen LogP contribution in [-0.4, -0.2) is 30.0 Å². The van der Waals surface area contributed by atoms with Crippen molar-refractivity contribution in [2.45, 2.75) is 26.3 Å². The van der Waals surface area contributed by atoms with E-state index in [0.717, 1.165) is 29.4 Å². The molecule has 2 aromatic rings. The number of nitrogens with two attached hydrogens (primary N) is 1. The highest BCUT2D eigenvalue weighted by Gasteiger charge is 2.19. The maximum Gasteiger partial charge on any atom is 0.134 e. The zero-order valence-electron chi connectivity index (χ0n) is 13.4. The fourth-order valence-corrected chi connectivity index (χ4v) is 2.61. The van der Waals surface area contributed by atoms with Gasteiger partial charge in [-0.15, -0.1) is 0 Å². The van der Waals surface area contributed by atoms with E-state index in [1.165, 1.54) is 5.56 Å². The standard InChI is InChI=1S/C16H24N4O/c1-11(17)9-15-12(2)18-20(4)16(15)19(3)13-7-6-8-14(10-13)21-5/h6-8,10-11H,9,17H2,1-5H3. The van der Waals surface area contributed by atoms with Crippen LogP contribution in [0.5, 0.6) is 5.75 Å². The van der Waals surface area contributed by atoms with Gasteiger partial charge in [-0.3, -0.25) is 4.68 Å². The van der Waals surface area contributed by atoms with Crippen LogP contribution >= 0.6 is 0 Å². The zero-order valence-corrected chi connectivity index (χ0v) is 13.4. The van der Waals surface area contributed by atoms with Gasteiger partial charge in [0.25, 0.3) is 0 Å². The number of hydrogen-bond donors (Lipinski definition) is 1. The molecule has 0 aliphatic heterocycles. The van der Waals surface area contributed by atoms with Crippen LogP contribution in [0, 0.1) is 6.92 Å². The Hall–Kier alpha value is -2.01. The summed E-state index contributed by atoms with van der Waals surface area (Å²) >= 11 is 0. The Labute approximate surface area is 126 Å². The van der Waals surface area contributed by atoms with Crippen LogP contribution in [0.2, 0.25) is 0 Å². The number of rotatable bonds is 5. The molecule has 1 heterocycles. The highest BCUT2D eigenvalue weighted by Crippen LogP contribution is 2.31. The molecule has 2 N–H and O–H groups in total. The van der Waals surface area contributed by atoms with Crippen LogP contribution in [0.3, 0.4) is 0 Å². The Bertz CT molecular complexity index is 619. The van der Waals surface area contributed by atoms with Gasteiger partial charge in [-0.25, -0.2) is 0 Å². The number of methoxy groups -OCH3 is 1. The minimum atomic E-state index is 0.102. The van der Waals surface area contributed by atoms with E-state index in [1.54, 1.807) is 7.11 Å². The lowest BCUT2D eigenvalue weighted by Crippen LogP contribution is -2.21. The summed E-state index contributed by atoms with van der Waals surface area (Å²) in [6.07, 6.45) is 0.809. The van der Waals surface area contributed by atoms with Gasteiger partial charge in [-0.2, -0.15) is 5.10 Å². The molecular weight excluding hydrogens is 264 g/mol. The molecule has 0 aliphatic carbocycles. The van der Waals surface area contributed by atoms with Crippen LogP contribution in [-0.2, 0) is 13.5 Å². The second-order valence-electron chi connectivity index (χ2n) is 5.45. The van der Waals surface area contributed by atoms with E-state index >= 15 is 0 Å². The van der Waals surface area contributed by atoms with Crippen LogP contribution in [0.4, 0.5) is 11.5 Å². The predicted octanol–water partition coefficient (Wildman–Crippen LogP) is 2.39. The van der Waals surface area contributed by atoms with Crippen molar-refractivity contribution in [2.24, 2.45) is 12.8 Å². The molecule has 0 spiro atoms. The van der Waals surface area contributed by atoms with Crippen molar-refractivity contribution < 1.29 is 4.74 Å². The molecule has 0 bridgehead atoms. The third kappa shape index (κ3) is 3.19. The van der Waals surface area contributed by atoms with Crippen LogP contribution in [0.15, 0.2) is 24.3 Å². The van der Waals surface area contributed by atoms with Gasteiger partial charge in [0, 0.05) is 37.5 Å². The maximum absolute atomic E-state index is 5.98. The maximum atomic E-state index is 5.98. The van der Waals surface area contributed by atoms with Gasteiger partial charge in [0.1, 0.15) is 11.6 Å². The second kappa shape index (κ2) is 6.18. The molecule has 0 fully saturated rings. The molecule has 0 aliphatic rings. The van der Waals surface area contributed by atoms with Crippen molar-refractivity contribution in [3.05, 3.63) is 35.5 Å². The van der Waals surface area contributed by atoms with Gasteiger partial charge in [0.2, 0.25) is 0 Å². The number of anilines is 2. The monoisotopic (exact) mass is 288 g/mol. The summed E-state index contributed by atoms with van der Waals surface area (Å²) in [4.78, 5) is 2.13. The molecule has 5 nitrogen and oxygen atoms in total. The average Bonchev–Trinajstić information content (AvgIpc) is 2.72. The molecular formula is C16H24N4O. The summed E-state index contributed by atoms with van der Waals surface area (Å²) in [6.45, 7) is 4.04.